The molecule has 1 fully saturated rings. The third kappa shape index (κ3) is 3.05. The van der Waals surface area contributed by atoms with Crippen LogP contribution < -0.4 is 0 Å². The molecular formula is C18H19N5O2. The number of aromatic nitrogens is 4. The first-order valence-corrected chi connectivity index (χ1v) is 8.38. The minimum absolute atomic E-state index is 0.0960. The van der Waals surface area contributed by atoms with E-state index in [2.05, 4.69) is 19.7 Å². The second-order valence-corrected chi connectivity index (χ2v) is 6.25. The Bertz CT molecular complexity index is 870. The molecule has 1 atom stereocenters. The standard InChI is InChI=1S/C18H19N5O2/c1-13-20-7-9-23(13)15-5-3-8-22(12-15)18(24)16-10-17(25-21-16)14-4-2-6-19-11-14/h2,4,6-7,9-11,15H,3,5,8,12H2,1H3/t15-/m1/s1. The first-order valence-electron chi connectivity index (χ1n) is 8.38. The first-order chi connectivity index (χ1) is 12.2. The highest BCUT2D eigenvalue weighted by molar-refractivity contribution is 5.93. The van der Waals surface area contributed by atoms with Gasteiger partial charge in [-0.1, -0.05) is 5.16 Å². The van der Waals surface area contributed by atoms with Crippen molar-refractivity contribution in [2.24, 2.45) is 0 Å². The fourth-order valence-corrected chi connectivity index (χ4v) is 3.32. The van der Waals surface area contributed by atoms with Crippen LogP contribution in [-0.2, 0) is 0 Å². The van der Waals surface area contributed by atoms with Gasteiger partial charge in [0.25, 0.3) is 5.91 Å². The molecule has 0 aliphatic carbocycles. The average molecular weight is 337 g/mol. The number of piperidine rings is 1. The van der Waals surface area contributed by atoms with Gasteiger partial charge in [0.2, 0.25) is 0 Å². The molecule has 128 valence electrons. The zero-order valence-electron chi connectivity index (χ0n) is 14.0. The lowest BCUT2D eigenvalue weighted by molar-refractivity contribution is 0.0668. The van der Waals surface area contributed by atoms with Gasteiger partial charge in [-0.3, -0.25) is 9.78 Å². The lowest BCUT2D eigenvalue weighted by Crippen LogP contribution is -2.40. The van der Waals surface area contributed by atoms with Crippen molar-refractivity contribution in [3.8, 4) is 11.3 Å². The number of aryl methyl sites for hydroxylation is 1. The maximum atomic E-state index is 12.8. The van der Waals surface area contributed by atoms with Crippen LogP contribution in [0.3, 0.4) is 0 Å². The van der Waals surface area contributed by atoms with Crippen LogP contribution in [0, 0.1) is 6.92 Å². The van der Waals surface area contributed by atoms with E-state index < -0.39 is 0 Å². The SMILES string of the molecule is Cc1nccn1[C@@H]1CCCN(C(=O)c2cc(-c3cccnc3)on2)C1. The van der Waals surface area contributed by atoms with Gasteiger partial charge in [-0.25, -0.2) is 4.98 Å². The summed E-state index contributed by atoms with van der Waals surface area (Å²) >= 11 is 0. The number of pyridine rings is 1. The van der Waals surface area contributed by atoms with E-state index in [9.17, 15) is 4.79 Å². The van der Waals surface area contributed by atoms with Gasteiger partial charge in [-0.2, -0.15) is 0 Å². The highest BCUT2D eigenvalue weighted by Crippen LogP contribution is 2.25. The monoisotopic (exact) mass is 337 g/mol. The zero-order valence-corrected chi connectivity index (χ0v) is 14.0. The molecule has 1 amide bonds. The van der Waals surface area contributed by atoms with Gasteiger partial charge in [0, 0.05) is 49.5 Å². The Labute approximate surface area is 145 Å². The normalized spacial score (nSPS) is 17.6. The molecule has 0 N–H and O–H groups in total. The van der Waals surface area contributed by atoms with Crippen molar-refractivity contribution >= 4 is 5.91 Å². The summed E-state index contributed by atoms with van der Waals surface area (Å²) in [5.74, 6) is 1.43. The van der Waals surface area contributed by atoms with E-state index in [0.29, 0.717) is 18.0 Å². The van der Waals surface area contributed by atoms with Crippen LogP contribution in [0.4, 0.5) is 0 Å². The third-order valence-corrected chi connectivity index (χ3v) is 4.61. The third-order valence-electron chi connectivity index (χ3n) is 4.61. The van der Waals surface area contributed by atoms with Crippen molar-refractivity contribution in [2.75, 3.05) is 13.1 Å². The first kappa shape index (κ1) is 15.6. The summed E-state index contributed by atoms with van der Waals surface area (Å²) in [6.45, 7) is 3.38. The Kier molecular flexibility index (Phi) is 4.05. The predicted molar refractivity (Wildman–Crippen MR) is 90.9 cm³/mol. The smallest absolute Gasteiger partial charge is 0.276 e. The van der Waals surface area contributed by atoms with Crippen LogP contribution >= 0.6 is 0 Å². The lowest BCUT2D eigenvalue weighted by atomic mass is 10.0. The van der Waals surface area contributed by atoms with Crippen molar-refractivity contribution in [1.82, 2.24) is 24.6 Å². The van der Waals surface area contributed by atoms with E-state index in [4.69, 9.17) is 4.52 Å². The number of hydrogen-bond acceptors (Lipinski definition) is 5. The Morgan fingerprint density at radius 2 is 2.28 bits per heavy atom. The Balaban J connectivity index is 1.51. The van der Waals surface area contributed by atoms with Gasteiger partial charge in [0.05, 0.1) is 6.04 Å². The van der Waals surface area contributed by atoms with Crippen LogP contribution in [0.15, 0.2) is 47.5 Å². The van der Waals surface area contributed by atoms with Crippen LogP contribution in [0.5, 0.6) is 0 Å². The molecule has 0 radical (unpaired) electrons. The molecule has 3 aromatic rings. The summed E-state index contributed by atoms with van der Waals surface area (Å²) in [5.41, 5.74) is 1.14. The number of likely N-dealkylation sites (tertiary alicyclic amines) is 1. The maximum absolute atomic E-state index is 12.8. The number of carbonyl (C=O) groups is 1. The van der Waals surface area contributed by atoms with E-state index in [0.717, 1.165) is 30.8 Å². The molecule has 0 aromatic carbocycles. The number of carbonyl (C=O) groups excluding carboxylic acids is 1. The molecule has 4 heterocycles. The van der Waals surface area contributed by atoms with Crippen LogP contribution in [0.2, 0.25) is 0 Å². The summed E-state index contributed by atoms with van der Waals surface area (Å²) in [5, 5.41) is 3.96. The molecule has 1 saturated heterocycles. The number of nitrogens with zero attached hydrogens (tertiary/aromatic N) is 5. The Morgan fingerprint density at radius 3 is 3.04 bits per heavy atom. The molecule has 3 aromatic heterocycles. The Hall–Kier alpha value is -2.96. The molecule has 4 rings (SSSR count). The van der Waals surface area contributed by atoms with Gasteiger partial charge < -0.3 is 14.0 Å². The molecule has 1 aliphatic rings. The summed E-state index contributed by atoms with van der Waals surface area (Å²) < 4.78 is 7.47. The van der Waals surface area contributed by atoms with Gasteiger partial charge >= 0.3 is 0 Å². The Morgan fingerprint density at radius 1 is 1.36 bits per heavy atom. The van der Waals surface area contributed by atoms with Crippen LogP contribution in [0.25, 0.3) is 11.3 Å². The van der Waals surface area contributed by atoms with Crippen LogP contribution in [-0.4, -0.2) is 43.6 Å². The number of amides is 1. The minimum atomic E-state index is -0.0960. The number of imidazole rings is 1. The van der Waals surface area contributed by atoms with Crippen molar-refractivity contribution in [2.45, 2.75) is 25.8 Å². The highest BCUT2D eigenvalue weighted by Gasteiger charge is 2.28. The second kappa shape index (κ2) is 6.51. The van der Waals surface area contributed by atoms with E-state index in [-0.39, 0.29) is 11.9 Å². The molecule has 7 nitrogen and oxygen atoms in total. The maximum Gasteiger partial charge on any atom is 0.276 e. The summed E-state index contributed by atoms with van der Waals surface area (Å²) in [6.07, 6.45) is 9.16. The van der Waals surface area contributed by atoms with Crippen molar-refractivity contribution in [3.63, 3.8) is 0 Å². The molecule has 25 heavy (non-hydrogen) atoms. The van der Waals surface area contributed by atoms with E-state index in [1.54, 1.807) is 24.7 Å². The summed E-state index contributed by atoms with van der Waals surface area (Å²) in [6, 6.07) is 5.64. The van der Waals surface area contributed by atoms with Crippen molar-refractivity contribution in [3.05, 3.63) is 54.5 Å². The topological polar surface area (TPSA) is 77.0 Å². The number of rotatable bonds is 3. The molecule has 1 aliphatic heterocycles. The van der Waals surface area contributed by atoms with Gasteiger partial charge in [-0.15, -0.1) is 0 Å². The van der Waals surface area contributed by atoms with E-state index in [1.807, 2.05) is 30.2 Å². The van der Waals surface area contributed by atoms with Crippen LogP contribution in [0.1, 0.15) is 35.2 Å². The highest BCUT2D eigenvalue weighted by atomic mass is 16.5. The van der Waals surface area contributed by atoms with Crippen molar-refractivity contribution < 1.29 is 9.32 Å². The molecule has 0 unspecified atom stereocenters. The summed E-state index contributed by atoms with van der Waals surface area (Å²) in [4.78, 5) is 23.0. The zero-order chi connectivity index (χ0) is 17.2. The average Bonchev–Trinajstić information content (AvgIpc) is 3.31. The van der Waals surface area contributed by atoms with Gasteiger partial charge in [0.15, 0.2) is 11.5 Å². The second-order valence-electron chi connectivity index (χ2n) is 6.25. The fraction of sp³-hybridized carbons (Fsp3) is 0.333. The van der Waals surface area contributed by atoms with Gasteiger partial charge in [0.1, 0.15) is 5.82 Å². The fourth-order valence-electron chi connectivity index (χ4n) is 3.32. The molecule has 0 bridgehead atoms. The van der Waals surface area contributed by atoms with E-state index in [1.165, 1.54) is 0 Å². The molecular weight excluding hydrogens is 318 g/mol. The minimum Gasteiger partial charge on any atom is -0.355 e. The van der Waals surface area contributed by atoms with Crippen molar-refractivity contribution in [1.29, 1.82) is 0 Å². The molecule has 0 spiro atoms. The largest absolute Gasteiger partial charge is 0.355 e. The molecule has 7 heteroatoms. The number of hydrogen-bond donors (Lipinski definition) is 0. The molecule has 0 saturated carbocycles. The van der Waals surface area contributed by atoms with E-state index >= 15 is 0 Å². The lowest BCUT2D eigenvalue weighted by Gasteiger charge is -2.33. The predicted octanol–water partition coefficient (Wildman–Crippen LogP) is 2.72. The van der Waals surface area contributed by atoms with Gasteiger partial charge in [-0.05, 0) is 31.9 Å². The summed E-state index contributed by atoms with van der Waals surface area (Å²) in [7, 11) is 0. The quantitative estimate of drug-likeness (QED) is 0.734.